The van der Waals surface area contributed by atoms with Crippen molar-refractivity contribution < 1.29 is 14.5 Å². The topological polar surface area (TPSA) is 114 Å². The lowest BCUT2D eigenvalue weighted by atomic mass is 10.1. The molecule has 0 spiro atoms. The SMILES string of the molecule is Cc1c(C(=O)NCC(=O)N/N=C/c2cccc(Br)c2)cccc1[N+](=O)[O-]. The van der Waals surface area contributed by atoms with Gasteiger partial charge in [-0.3, -0.25) is 19.7 Å². The predicted octanol–water partition coefficient (Wildman–Crippen LogP) is 2.55. The molecule has 0 fully saturated rings. The highest BCUT2D eigenvalue weighted by molar-refractivity contribution is 9.10. The molecule has 0 atom stereocenters. The molecule has 2 N–H and O–H groups in total. The molecule has 0 aliphatic heterocycles. The summed E-state index contributed by atoms with van der Waals surface area (Å²) in [5.74, 6) is -1.09. The lowest BCUT2D eigenvalue weighted by Crippen LogP contribution is -2.35. The number of nitrogens with one attached hydrogen (secondary N) is 2. The summed E-state index contributed by atoms with van der Waals surface area (Å²) in [6.07, 6.45) is 1.47. The number of benzene rings is 2. The Bertz CT molecular complexity index is 883. The second-order valence-corrected chi connectivity index (χ2v) is 6.15. The summed E-state index contributed by atoms with van der Waals surface area (Å²) >= 11 is 3.33. The first-order valence-corrected chi connectivity index (χ1v) is 8.27. The Morgan fingerprint density at radius 1 is 1.27 bits per heavy atom. The molecule has 0 bridgehead atoms. The van der Waals surface area contributed by atoms with Crippen LogP contribution in [0.15, 0.2) is 52.0 Å². The highest BCUT2D eigenvalue weighted by atomic mass is 79.9. The molecular weight excluding hydrogens is 404 g/mol. The fourth-order valence-electron chi connectivity index (χ4n) is 2.13. The van der Waals surface area contributed by atoms with Gasteiger partial charge in [-0.1, -0.05) is 34.1 Å². The summed E-state index contributed by atoms with van der Waals surface area (Å²) in [7, 11) is 0. The molecule has 2 amide bonds. The van der Waals surface area contributed by atoms with Gasteiger partial charge in [0, 0.05) is 21.7 Å². The fraction of sp³-hybridized carbons (Fsp3) is 0.118. The Balaban J connectivity index is 1.90. The minimum atomic E-state index is -0.572. The zero-order chi connectivity index (χ0) is 19.1. The van der Waals surface area contributed by atoms with Gasteiger partial charge in [-0.2, -0.15) is 5.10 Å². The minimum absolute atomic E-state index is 0.143. The van der Waals surface area contributed by atoms with Crippen LogP contribution < -0.4 is 10.7 Å². The fourth-order valence-corrected chi connectivity index (χ4v) is 2.55. The molecule has 26 heavy (non-hydrogen) atoms. The Hall–Kier alpha value is -3.07. The van der Waals surface area contributed by atoms with Gasteiger partial charge in [0.1, 0.15) is 0 Å². The Morgan fingerprint density at radius 2 is 2.00 bits per heavy atom. The quantitative estimate of drug-likeness (QED) is 0.426. The number of hydrazone groups is 1. The molecule has 8 nitrogen and oxygen atoms in total. The van der Waals surface area contributed by atoms with Gasteiger partial charge in [-0.25, -0.2) is 5.43 Å². The molecule has 0 saturated carbocycles. The zero-order valence-electron chi connectivity index (χ0n) is 13.7. The average molecular weight is 419 g/mol. The van der Waals surface area contributed by atoms with E-state index in [0.29, 0.717) is 0 Å². The third kappa shape index (κ3) is 5.21. The molecule has 2 rings (SSSR count). The maximum atomic E-state index is 12.1. The zero-order valence-corrected chi connectivity index (χ0v) is 15.3. The molecule has 0 unspecified atom stereocenters. The molecule has 0 aromatic heterocycles. The second kappa shape index (κ2) is 8.86. The van der Waals surface area contributed by atoms with E-state index in [-0.39, 0.29) is 23.4 Å². The van der Waals surface area contributed by atoms with Gasteiger partial charge in [-0.15, -0.1) is 0 Å². The number of nitro benzene ring substituents is 1. The van der Waals surface area contributed by atoms with Crippen molar-refractivity contribution in [2.45, 2.75) is 6.92 Å². The summed E-state index contributed by atoms with van der Waals surface area (Å²) < 4.78 is 0.882. The van der Waals surface area contributed by atoms with Crippen LogP contribution in [0.3, 0.4) is 0 Å². The molecule has 134 valence electrons. The summed E-state index contributed by atoms with van der Waals surface area (Å²) in [6.45, 7) is 1.17. The number of amides is 2. The third-order valence-corrected chi connectivity index (χ3v) is 3.90. The number of carbonyl (C=O) groups is 2. The monoisotopic (exact) mass is 418 g/mol. The molecule has 2 aromatic carbocycles. The standard InChI is InChI=1S/C17H15BrN4O4/c1-11-14(6-3-7-15(11)22(25)26)17(24)19-10-16(23)21-20-9-12-4-2-5-13(18)8-12/h2-9H,10H2,1H3,(H,19,24)(H,21,23)/b20-9+. The van der Waals surface area contributed by atoms with Gasteiger partial charge in [0.25, 0.3) is 17.5 Å². The van der Waals surface area contributed by atoms with Gasteiger partial charge in [-0.05, 0) is 30.7 Å². The summed E-state index contributed by atoms with van der Waals surface area (Å²) in [5, 5.41) is 17.1. The van der Waals surface area contributed by atoms with E-state index in [1.54, 1.807) is 0 Å². The number of halogens is 1. The van der Waals surface area contributed by atoms with E-state index in [1.807, 2.05) is 24.3 Å². The Labute approximate surface area is 157 Å². The van der Waals surface area contributed by atoms with Crippen molar-refractivity contribution in [3.63, 3.8) is 0 Å². The van der Waals surface area contributed by atoms with Crippen molar-refractivity contribution in [3.05, 3.63) is 73.7 Å². The summed E-state index contributed by atoms with van der Waals surface area (Å²) in [5.41, 5.74) is 3.31. The van der Waals surface area contributed by atoms with Crippen LogP contribution >= 0.6 is 15.9 Å². The van der Waals surface area contributed by atoms with Crippen LogP contribution in [0.2, 0.25) is 0 Å². The van der Waals surface area contributed by atoms with E-state index in [1.165, 1.54) is 31.3 Å². The molecule has 0 aliphatic rings. The van der Waals surface area contributed by atoms with E-state index in [4.69, 9.17) is 0 Å². The van der Waals surface area contributed by atoms with Crippen LogP contribution in [0.1, 0.15) is 21.5 Å². The highest BCUT2D eigenvalue weighted by Crippen LogP contribution is 2.20. The van der Waals surface area contributed by atoms with Crippen LogP contribution in [0, 0.1) is 17.0 Å². The number of nitrogens with zero attached hydrogens (tertiary/aromatic N) is 2. The van der Waals surface area contributed by atoms with Crippen molar-refractivity contribution in [1.29, 1.82) is 0 Å². The summed E-state index contributed by atoms with van der Waals surface area (Å²) in [6, 6.07) is 11.5. The highest BCUT2D eigenvalue weighted by Gasteiger charge is 2.18. The normalized spacial score (nSPS) is 10.5. The Kier molecular flexibility index (Phi) is 6.56. The predicted molar refractivity (Wildman–Crippen MR) is 100 cm³/mol. The van der Waals surface area contributed by atoms with Crippen molar-refractivity contribution in [1.82, 2.24) is 10.7 Å². The minimum Gasteiger partial charge on any atom is -0.343 e. The van der Waals surface area contributed by atoms with Crippen molar-refractivity contribution >= 4 is 39.6 Å². The van der Waals surface area contributed by atoms with Crippen LogP contribution in [-0.2, 0) is 4.79 Å². The van der Waals surface area contributed by atoms with Crippen LogP contribution in [0.5, 0.6) is 0 Å². The lowest BCUT2D eigenvalue weighted by molar-refractivity contribution is -0.385. The van der Waals surface area contributed by atoms with Gasteiger partial charge in [0.05, 0.1) is 17.7 Å². The van der Waals surface area contributed by atoms with E-state index >= 15 is 0 Å². The summed E-state index contributed by atoms with van der Waals surface area (Å²) in [4.78, 5) is 34.2. The second-order valence-electron chi connectivity index (χ2n) is 5.24. The third-order valence-electron chi connectivity index (χ3n) is 3.41. The van der Waals surface area contributed by atoms with Gasteiger partial charge in [0.2, 0.25) is 0 Å². The van der Waals surface area contributed by atoms with E-state index in [0.717, 1.165) is 10.0 Å². The molecule has 0 heterocycles. The molecule has 0 aliphatic carbocycles. The van der Waals surface area contributed by atoms with E-state index in [9.17, 15) is 19.7 Å². The number of hydrogen-bond acceptors (Lipinski definition) is 5. The van der Waals surface area contributed by atoms with Crippen LogP contribution in [0.25, 0.3) is 0 Å². The van der Waals surface area contributed by atoms with Gasteiger partial charge >= 0.3 is 0 Å². The number of carbonyl (C=O) groups excluding carboxylic acids is 2. The van der Waals surface area contributed by atoms with Crippen LogP contribution in [0.4, 0.5) is 5.69 Å². The maximum absolute atomic E-state index is 12.1. The van der Waals surface area contributed by atoms with Crippen molar-refractivity contribution in [3.8, 4) is 0 Å². The molecule has 9 heteroatoms. The first-order chi connectivity index (χ1) is 12.4. The Morgan fingerprint density at radius 3 is 2.69 bits per heavy atom. The number of rotatable bonds is 6. The van der Waals surface area contributed by atoms with Gasteiger partial charge < -0.3 is 5.32 Å². The largest absolute Gasteiger partial charge is 0.343 e. The van der Waals surface area contributed by atoms with Crippen LogP contribution in [-0.4, -0.2) is 29.5 Å². The van der Waals surface area contributed by atoms with Gasteiger partial charge in [0.15, 0.2) is 0 Å². The molecule has 2 aromatic rings. The first kappa shape index (κ1) is 19.3. The first-order valence-electron chi connectivity index (χ1n) is 7.48. The average Bonchev–Trinajstić information content (AvgIpc) is 2.59. The number of hydrogen-bond donors (Lipinski definition) is 2. The van der Waals surface area contributed by atoms with E-state index in [2.05, 4.69) is 31.8 Å². The number of nitro groups is 1. The molecule has 0 saturated heterocycles. The van der Waals surface area contributed by atoms with E-state index < -0.39 is 16.7 Å². The van der Waals surface area contributed by atoms with Crippen molar-refractivity contribution in [2.24, 2.45) is 5.10 Å². The molecule has 0 radical (unpaired) electrons. The molecular formula is C17H15BrN4O4. The van der Waals surface area contributed by atoms with Crippen molar-refractivity contribution in [2.75, 3.05) is 6.54 Å². The smallest absolute Gasteiger partial charge is 0.273 e. The lowest BCUT2D eigenvalue weighted by Gasteiger charge is -2.07. The maximum Gasteiger partial charge on any atom is 0.273 e.